The zero-order valence-corrected chi connectivity index (χ0v) is 29.8. The number of benzene rings is 10. The van der Waals surface area contributed by atoms with Crippen molar-refractivity contribution in [1.29, 1.82) is 0 Å². The van der Waals surface area contributed by atoms with Crippen molar-refractivity contribution in [2.75, 3.05) is 0 Å². The van der Waals surface area contributed by atoms with Crippen LogP contribution in [-0.4, -0.2) is 0 Å². The topological polar surface area (TPSA) is 0 Å². The van der Waals surface area contributed by atoms with E-state index in [1.807, 2.05) is 0 Å². The average Bonchev–Trinajstić information content (AvgIpc) is 3.11. The molecule has 0 N–H and O–H groups in total. The van der Waals surface area contributed by atoms with Gasteiger partial charge in [-0.15, -0.1) is 0 Å². The monoisotopic (exact) mass is 640 g/mol. The summed E-state index contributed by atoms with van der Waals surface area (Å²) in [5.74, 6) is 0. The second-order valence-electron chi connectivity index (χ2n) is 17.2. The third kappa shape index (κ3) is 3.52. The van der Waals surface area contributed by atoms with Crippen LogP contribution in [0.1, 0.15) is 63.8 Å². The quantitative estimate of drug-likeness (QED) is 0.114. The predicted octanol–water partition coefficient (Wildman–Crippen LogP) is 14.2. The van der Waals surface area contributed by atoms with E-state index >= 15 is 0 Å². The average molecular weight is 641 g/mol. The van der Waals surface area contributed by atoms with Crippen LogP contribution in [-0.2, 0) is 23.7 Å². The van der Waals surface area contributed by atoms with Crippen molar-refractivity contribution in [2.45, 2.75) is 65.2 Å². The number of aryl methyl sites for hydroxylation is 2. The van der Waals surface area contributed by atoms with Gasteiger partial charge in [0.05, 0.1) is 0 Å². The number of fused-ring (bicyclic) bond motifs is 13. The molecule has 0 radical (unpaired) electrons. The van der Waals surface area contributed by atoms with Crippen molar-refractivity contribution in [3.8, 4) is 0 Å². The minimum absolute atomic E-state index is 0.0222. The lowest BCUT2D eigenvalue weighted by atomic mass is 9.75. The minimum Gasteiger partial charge on any atom is -0.0616 e. The maximum Gasteiger partial charge on any atom is -0.00132 e. The first-order valence-electron chi connectivity index (χ1n) is 18.4. The van der Waals surface area contributed by atoms with E-state index in [0.29, 0.717) is 0 Å². The smallest absolute Gasteiger partial charge is 0.00132 e. The Kier molecular flexibility index (Phi) is 5.33. The molecule has 0 aromatic heterocycles. The third-order valence-corrected chi connectivity index (χ3v) is 12.3. The van der Waals surface area contributed by atoms with Crippen molar-refractivity contribution < 1.29 is 0 Å². The van der Waals surface area contributed by atoms with E-state index in [4.69, 9.17) is 0 Å². The van der Waals surface area contributed by atoms with E-state index in [1.165, 1.54) is 119 Å². The summed E-state index contributed by atoms with van der Waals surface area (Å²) in [6, 6.07) is 42.8. The molecule has 0 heterocycles. The molecule has 0 fully saturated rings. The summed E-state index contributed by atoms with van der Waals surface area (Å²) < 4.78 is 0. The molecule has 0 unspecified atom stereocenters. The molecular formula is C50H40. The van der Waals surface area contributed by atoms with Crippen molar-refractivity contribution in [3.63, 3.8) is 0 Å². The Hall–Kier alpha value is -5.20. The van der Waals surface area contributed by atoms with E-state index in [-0.39, 0.29) is 10.8 Å². The molecule has 0 atom stereocenters. The summed E-state index contributed by atoms with van der Waals surface area (Å²) in [6.07, 6.45) is 2.20. The summed E-state index contributed by atoms with van der Waals surface area (Å²) >= 11 is 0. The van der Waals surface area contributed by atoms with Crippen LogP contribution < -0.4 is 0 Å². The molecule has 0 nitrogen and oxygen atoms in total. The van der Waals surface area contributed by atoms with Gasteiger partial charge in [-0.3, -0.25) is 0 Å². The fourth-order valence-electron chi connectivity index (χ4n) is 9.90. The fourth-order valence-corrected chi connectivity index (χ4v) is 9.90. The Morgan fingerprint density at radius 2 is 0.600 bits per heavy atom. The van der Waals surface area contributed by atoms with Gasteiger partial charge in [0, 0.05) is 0 Å². The van der Waals surface area contributed by atoms with Crippen LogP contribution in [0.15, 0.2) is 109 Å². The molecule has 1 aliphatic rings. The lowest BCUT2D eigenvalue weighted by molar-refractivity contribution is 0.591. The Morgan fingerprint density at radius 1 is 0.300 bits per heavy atom. The summed E-state index contributed by atoms with van der Waals surface area (Å²) in [7, 11) is 0. The van der Waals surface area contributed by atoms with Crippen molar-refractivity contribution in [1.82, 2.24) is 0 Å². The van der Waals surface area contributed by atoms with E-state index in [1.54, 1.807) is 0 Å². The molecule has 0 saturated heterocycles. The standard InChI is InChI=1S/C50H40/c1-49(2,3)29-23-37-43-33-17-9-7-15-31(33)32-16-8-10-18-34(32)44(43)38-24-30(50(4,5)6)26-40-46-36-20-12-14-28-22-21-27-13-11-19-35(41(27)42(28)36)45(46)39(25-29)47(37)48(38)40/h7-20,23-26H,21-22H2,1-6H3. The van der Waals surface area contributed by atoms with Crippen LogP contribution in [0.25, 0.3) is 97.0 Å². The van der Waals surface area contributed by atoms with Crippen LogP contribution >= 0.6 is 0 Å². The first-order valence-corrected chi connectivity index (χ1v) is 18.4. The normalized spacial score (nSPS) is 14.0. The molecule has 0 spiro atoms. The van der Waals surface area contributed by atoms with Gasteiger partial charge in [-0.2, -0.15) is 0 Å². The first kappa shape index (κ1) is 28.6. The van der Waals surface area contributed by atoms with Crippen LogP contribution in [0.5, 0.6) is 0 Å². The highest BCUT2D eigenvalue weighted by Gasteiger charge is 2.28. The Bertz CT molecular complexity index is 2930. The summed E-state index contributed by atoms with van der Waals surface area (Å²) in [5.41, 5.74) is 5.73. The SMILES string of the molecule is CC(C)(C)c1cc2c3c4ccccc4c4ccccc4c3c3cc(C(C)(C)C)cc4c5c6cccc7c6c6c(cccc6c5c(c1)c2c34)CC7. The highest BCUT2D eigenvalue weighted by atomic mass is 14.3. The van der Waals surface area contributed by atoms with E-state index in [9.17, 15) is 0 Å². The van der Waals surface area contributed by atoms with Crippen molar-refractivity contribution in [3.05, 3.63) is 131 Å². The number of hydrogen-bond donors (Lipinski definition) is 0. The second-order valence-corrected chi connectivity index (χ2v) is 17.2. The highest BCUT2D eigenvalue weighted by Crippen LogP contribution is 2.54. The largest absolute Gasteiger partial charge is 0.0616 e. The molecule has 0 bridgehead atoms. The summed E-state index contributed by atoms with van der Waals surface area (Å²) in [4.78, 5) is 0. The number of hydrogen-bond acceptors (Lipinski definition) is 0. The maximum atomic E-state index is 2.57. The van der Waals surface area contributed by atoms with Crippen molar-refractivity contribution in [2.24, 2.45) is 0 Å². The van der Waals surface area contributed by atoms with Crippen LogP contribution in [0.2, 0.25) is 0 Å². The van der Waals surface area contributed by atoms with Crippen LogP contribution in [0, 0.1) is 0 Å². The van der Waals surface area contributed by atoms with Gasteiger partial charge < -0.3 is 0 Å². The van der Waals surface area contributed by atoms with E-state index in [2.05, 4.69) is 151 Å². The van der Waals surface area contributed by atoms with Gasteiger partial charge >= 0.3 is 0 Å². The minimum atomic E-state index is -0.0222. The Labute approximate surface area is 292 Å². The lowest BCUT2D eigenvalue weighted by Gasteiger charge is -2.28. The van der Waals surface area contributed by atoms with E-state index < -0.39 is 0 Å². The van der Waals surface area contributed by atoms with Crippen LogP contribution in [0.4, 0.5) is 0 Å². The third-order valence-electron chi connectivity index (χ3n) is 12.3. The maximum absolute atomic E-state index is 2.57. The van der Waals surface area contributed by atoms with Crippen molar-refractivity contribution >= 4 is 97.0 Å². The summed E-state index contributed by atoms with van der Waals surface area (Å²) in [6.45, 7) is 14.3. The van der Waals surface area contributed by atoms with Gasteiger partial charge in [0.15, 0.2) is 0 Å². The van der Waals surface area contributed by atoms with Gasteiger partial charge in [0.1, 0.15) is 0 Å². The fraction of sp³-hybridized carbons (Fsp3) is 0.200. The molecule has 0 heteroatoms. The predicted molar refractivity (Wildman–Crippen MR) is 220 cm³/mol. The molecule has 0 aliphatic heterocycles. The van der Waals surface area contributed by atoms with Gasteiger partial charge in [-0.25, -0.2) is 0 Å². The molecule has 0 amide bonds. The molecular weight excluding hydrogens is 601 g/mol. The van der Waals surface area contributed by atoms with Gasteiger partial charge in [-0.05, 0) is 167 Å². The van der Waals surface area contributed by atoms with Gasteiger partial charge in [-0.1, -0.05) is 126 Å². The Balaban J connectivity index is 1.60. The summed E-state index contributed by atoms with van der Waals surface area (Å²) in [5, 5.41) is 25.2. The number of rotatable bonds is 0. The molecule has 11 rings (SSSR count). The lowest BCUT2D eigenvalue weighted by Crippen LogP contribution is -2.12. The molecule has 50 heavy (non-hydrogen) atoms. The molecule has 10 aromatic rings. The second kappa shape index (κ2) is 9.32. The molecule has 0 saturated carbocycles. The Morgan fingerprint density at radius 3 is 0.960 bits per heavy atom. The zero-order valence-electron chi connectivity index (χ0n) is 29.8. The van der Waals surface area contributed by atoms with Gasteiger partial charge in [0.25, 0.3) is 0 Å². The molecule has 1 aliphatic carbocycles. The molecule has 240 valence electrons. The van der Waals surface area contributed by atoms with E-state index in [0.717, 1.165) is 12.8 Å². The highest BCUT2D eigenvalue weighted by molar-refractivity contribution is 6.49. The molecule has 10 aromatic carbocycles. The van der Waals surface area contributed by atoms with Crippen LogP contribution in [0.3, 0.4) is 0 Å². The van der Waals surface area contributed by atoms with Gasteiger partial charge in [0.2, 0.25) is 0 Å². The zero-order chi connectivity index (χ0) is 33.8. The first-order chi connectivity index (χ1) is 24.1.